The SMILES string of the molecule is C=C(N=C/C(=C\C)C(=O)Nc1ccc(C(C)C)cc1)/C(=C/COC)C/C=C\COC. The van der Waals surface area contributed by atoms with E-state index < -0.39 is 0 Å². The van der Waals surface area contributed by atoms with Gasteiger partial charge < -0.3 is 14.8 Å². The third-order valence-corrected chi connectivity index (χ3v) is 4.40. The minimum Gasteiger partial charge on any atom is -0.381 e. The summed E-state index contributed by atoms with van der Waals surface area (Å²) in [6, 6.07) is 7.87. The van der Waals surface area contributed by atoms with E-state index in [9.17, 15) is 4.79 Å². The summed E-state index contributed by atoms with van der Waals surface area (Å²) in [6.45, 7) is 11.1. The number of carbonyl (C=O) groups is 1. The fourth-order valence-electron chi connectivity index (χ4n) is 2.53. The summed E-state index contributed by atoms with van der Waals surface area (Å²) in [6.07, 6.45) is 9.79. The molecule has 0 saturated heterocycles. The first kappa shape index (κ1) is 25.3. The molecule has 1 aromatic carbocycles. The zero-order chi connectivity index (χ0) is 22.4. The maximum Gasteiger partial charge on any atom is 0.256 e. The quantitative estimate of drug-likeness (QED) is 0.216. The van der Waals surface area contributed by atoms with Gasteiger partial charge in [0.05, 0.1) is 24.5 Å². The van der Waals surface area contributed by atoms with Gasteiger partial charge in [-0.2, -0.15) is 0 Å². The number of amides is 1. The van der Waals surface area contributed by atoms with Crippen LogP contribution in [0.1, 0.15) is 38.7 Å². The van der Waals surface area contributed by atoms with Crippen molar-refractivity contribution in [3.63, 3.8) is 0 Å². The second kappa shape index (κ2) is 14.3. The van der Waals surface area contributed by atoms with Gasteiger partial charge in [-0.1, -0.05) is 56.9 Å². The molecule has 0 heterocycles. The smallest absolute Gasteiger partial charge is 0.256 e. The van der Waals surface area contributed by atoms with Gasteiger partial charge in [0, 0.05) is 26.1 Å². The number of hydrogen-bond donors (Lipinski definition) is 1. The average molecular weight is 411 g/mol. The summed E-state index contributed by atoms with van der Waals surface area (Å²) < 4.78 is 10.1. The largest absolute Gasteiger partial charge is 0.381 e. The van der Waals surface area contributed by atoms with Gasteiger partial charge in [-0.25, -0.2) is 0 Å². The Labute approximate surface area is 180 Å². The molecule has 0 unspecified atom stereocenters. The van der Waals surface area contributed by atoms with Crippen LogP contribution >= 0.6 is 0 Å². The summed E-state index contributed by atoms with van der Waals surface area (Å²) in [7, 11) is 3.29. The molecule has 0 bridgehead atoms. The fourth-order valence-corrected chi connectivity index (χ4v) is 2.53. The van der Waals surface area contributed by atoms with Gasteiger partial charge in [0.15, 0.2) is 0 Å². The van der Waals surface area contributed by atoms with E-state index in [-0.39, 0.29) is 5.91 Å². The summed E-state index contributed by atoms with van der Waals surface area (Å²) in [5.41, 5.74) is 3.96. The highest BCUT2D eigenvalue weighted by Crippen LogP contribution is 2.18. The second-order valence-corrected chi connectivity index (χ2v) is 7.00. The van der Waals surface area contributed by atoms with E-state index in [1.807, 2.05) is 42.5 Å². The molecule has 5 heteroatoms. The number of methoxy groups -OCH3 is 2. The molecule has 0 spiro atoms. The first-order chi connectivity index (χ1) is 14.4. The molecular formula is C25H34N2O3. The summed E-state index contributed by atoms with van der Waals surface area (Å²) in [4.78, 5) is 17.0. The lowest BCUT2D eigenvalue weighted by Crippen LogP contribution is -2.15. The Bertz CT molecular complexity index is 800. The van der Waals surface area contributed by atoms with Crippen molar-refractivity contribution in [2.45, 2.75) is 33.1 Å². The fraction of sp³-hybridized carbons (Fsp3) is 0.360. The van der Waals surface area contributed by atoms with Crippen molar-refractivity contribution in [2.75, 3.05) is 32.8 Å². The van der Waals surface area contributed by atoms with E-state index in [2.05, 4.69) is 30.7 Å². The molecule has 1 amide bonds. The number of aliphatic imine (C=N–C) groups is 1. The summed E-state index contributed by atoms with van der Waals surface area (Å²) >= 11 is 0. The molecule has 30 heavy (non-hydrogen) atoms. The van der Waals surface area contributed by atoms with Crippen LogP contribution in [0.15, 0.2) is 77.0 Å². The van der Waals surface area contributed by atoms with E-state index >= 15 is 0 Å². The molecule has 0 aliphatic carbocycles. The molecule has 0 aliphatic rings. The molecule has 162 valence electrons. The Morgan fingerprint density at radius 2 is 1.80 bits per heavy atom. The van der Waals surface area contributed by atoms with Crippen LogP contribution in [0.25, 0.3) is 0 Å². The van der Waals surface area contributed by atoms with Gasteiger partial charge in [0.2, 0.25) is 0 Å². The lowest BCUT2D eigenvalue weighted by Gasteiger charge is -2.09. The Hall–Kier alpha value is -2.76. The zero-order valence-corrected chi connectivity index (χ0v) is 18.8. The number of hydrogen-bond acceptors (Lipinski definition) is 4. The minimum atomic E-state index is -0.214. The van der Waals surface area contributed by atoms with Crippen molar-refractivity contribution >= 4 is 17.8 Å². The Kier molecular flexibility index (Phi) is 12.0. The topological polar surface area (TPSA) is 59.9 Å². The molecule has 0 radical (unpaired) electrons. The number of anilines is 1. The number of ether oxygens (including phenoxy) is 2. The van der Waals surface area contributed by atoms with Crippen molar-refractivity contribution in [2.24, 2.45) is 4.99 Å². The zero-order valence-electron chi connectivity index (χ0n) is 18.8. The molecule has 1 rings (SSSR count). The normalized spacial score (nSPS) is 12.9. The molecule has 0 aromatic heterocycles. The number of allylic oxidation sites excluding steroid dienone is 3. The van der Waals surface area contributed by atoms with Crippen LogP contribution in [0, 0.1) is 0 Å². The Balaban J connectivity index is 2.81. The molecule has 0 fully saturated rings. The highest BCUT2D eigenvalue weighted by Gasteiger charge is 2.08. The van der Waals surface area contributed by atoms with Gasteiger partial charge in [-0.15, -0.1) is 0 Å². The molecule has 1 N–H and O–H groups in total. The standard InChI is InChI=1S/C25H34N2O3/c1-7-21(25(28)27-24-13-11-22(12-14-24)19(2)3)18-26-20(4)23(15-17-30-6)10-8-9-16-29-5/h7-9,11-15,18-19H,4,10,16-17H2,1-3,5-6H3,(H,27,28)/b9-8-,21-7+,23-15+,26-18?. The molecule has 0 atom stereocenters. The third-order valence-electron chi connectivity index (χ3n) is 4.40. The predicted octanol–water partition coefficient (Wildman–Crippen LogP) is 5.44. The van der Waals surface area contributed by atoms with Gasteiger partial charge >= 0.3 is 0 Å². The van der Waals surface area contributed by atoms with Crippen molar-refractivity contribution in [3.05, 3.63) is 77.6 Å². The minimum absolute atomic E-state index is 0.214. The molecule has 5 nitrogen and oxygen atoms in total. The number of rotatable bonds is 12. The van der Waals surface area contributed by atoms with Crippen LogP contribution in [0.5, 0.6) is 0 Å². The van der Waals surface area contributed by atoms with Crippen LogP contribution in [0.2, 0.25) is 0 Å². The number of nitrogens with zero attached hydrogens (tertiary/aromatic N) is 1. The first-order valence-electron chi connectivity index (χ1n) is 10.1. The predicted molar refractivity (Wildman–Crippen MR) is 126 cm³/mol. The van der Waals surface area contributed by atoms with Crippen LogP contribution in [0.4, 0.5) is 5.69 Å². The number of nitrogens with one attached hydrogen (secondary N) is 1. The average Bonchev–Trinajstić information content (AvgIpc) is 2.73. The molecular weight excluding hydrogens is 376 g/mol. The van der Waals surface area contributed by atoms with Gasteiger partial charge in [0.1, 0.15) is 0 Å². The van der Waals surface area contributed by atoms with Crippen LogP contribution in [-0.4, -0.2) is 39.6 Å². The van der Waals surface area contributed by atoms with Crippen LogP contribution < -0.4 is 5.32 Å². The van der Waals surface area contributed by atoms with E-state index in [4.69, 9.17) is 9.47 Å². The lowest BCUT2D eigenvalue weighted by molar-refractivity contribution is -0.112. The summed E-state index contributed by atoms with van der Waals surface area (Å²) in [5.74, 6) is 0.234. The first-order valence-corrected chi connectivity index (χ1v) is 10.1. The summed E-state index contributed by atoms with van der Waals surface area (Å²) in [5, 5.41) is 2.91. The highest BCUT2D eigenvalue weighted by atomic mass is 16.5. The van der Waals surface area contributed by atoms with Crippen LogP contribution in [0.3, 0.4) is 0 Å². The second-order valence-electron chi connectivity index (χ2n) is 7.00. The maximum atomic E-state index is 12.6. The van der Waals surface area contributed by atoms with Crippen molar-refractivity contribution in [3.8, 4) is 0 Å². The maximum absolute atomic E-state index is 12.6. The molecule has 0 aliphatic heterocycles. The van der Waals surface area contributed by atoms with E-state index in [1.165, 1.54) is 5.56 Å². The number of benzene rings is 1. The van der Waals surface area contributed by atoms with Crippen molar-refractivity contribution in [1.29, 1.82) is 0 Å². The lowest BCUT2D eigenvalue weighted by atomic mass is 10.0. The van der Waals surface area contributed by atoms with Crippen LogP contribution in [-0.2, 0) is 14.3 Å². The number of carbonyl (C=O) groups excluding carboxylic acids is 1. The Morgan fingerprint density at radius 3 is 2.37 bits per heavy atom. The Morgan fingerprint density at radius 1 is 1.13 bits per heavy atom. The van der Waals surface area contributed by atoms with Gasteiger partial charge in [-0.05, 0) is 42.5 Å². The van der Waals surface area contributed by atoms with Crippen molar-refractivity contribution in [1.82, 2.24) is 0 Å². The molecule has 1 aromatic rings. The monoisotopic (exact) mass is 410 g/mol. The molecule has 0 saturated carbocycles. The van der Waals surface area contributed by atoms with Crippen molar-refractivity contribution < 1.29 is 14.3 Å². The van der Waals surface area contributed by atoms with Gasteiger partial charge in [0.25, 0.3) is 5.91 Å². The van der Waals surface area contributed by atoms with E-state index in [1.54, 1.807) is 33.4 Å². The van der Waals surface area contributed by atoms with E-state index in [0.29, 0.717) is 36.8 Å². The van der Waals surface area contributed by atoms with E-state index in [0.717, 1.165) is 11.3 Å². The third kappa shape index (κ3) is 9.16. The van der Waals surface area contributed by atoms with Gasteiger partial charge in [-0.3, -0.25) is 9.79 Å². The highest BCUT2D eigenvalue weighted by molar-refractivity contribution is 6.17.